The molecule has 0 saturated heterocycles. The van der Waals surface area contributed by atoms with Crippen LogP contribution in [-0.2, 0) is 16.0 Å². The van der Waals surface area contributed by atoms with E-state index in [9.17, 15) is 14.0 Å². The van der Waals surface area contributed by atoms with Gasteiger partial charge in [-0.3, -0.25) is 9.59 Å². The van der Waals surface area contributed by atoms with Crippen LogP contribution in [0.3, 0.4) is 0 Å². The molecule has 3 rings (SSSR count). The Morgan fingerprint density at radius 1 is 1.35 bits per heavy atom. The summed E-state index contributed by atoms with van der Waals surface area (Å²) in [7, 11) is 0. The molecular formula is C15H13ClFN3O2S. The summed E-state index contributed by atoms with van der Waals surface area (Å²) in [6.07, 6.45) is 1.82. The molecule has 8 heteroatoms. The lowest BCUT2D eigenvalue weighted by Crippen LogP contribution is -2.16. The van der Waals surface area contributed by atoms with Crippen LogP contribution in [0.5, 0.6) is 0 Å². The number of thiazole rings is 1. The van der Waals surface area contributed by atoms with E-state index in [-0.39, 0.29) is 29.0 Å². The number of hydrogen-bond acceptors (Lipinski definition) is 4. The summed E-state index contributed by atoms with van der Waals surface area (Å²) < 4.78 is 13.7. The van der Waals surface area contributed by atoms with Gasteiger partial charge in [0.25, 0.3) is 0 Å². The minimum absolute atomic E-state index is 0.0122. The van der Waals surface area contributed by atoms with Gasteiger partial charge in [-0.15, -0.1) is 11.3 Å². The number of amides is 2. The van der Waals surface area contributed by atoms with E-state index in [1.165, 1.54) is 23.5 Å². The van der Waals surface area contributed by atoms with Gasteiger partial charge in [-0.2, -0.15) is 0 Å². The molecule has 1 saturated carbocycles. The highest BCUT2D eigenvalue weighted by Gasteiger charge is 2.30. The van der Waals surface area contributed by atoms with Gasteiger partial charge in [-0.05, 0) is 25.0 Å². The maximum absolute atomic E-state index is 13.7. The van der Waals surface area contributed by atoms with Gasteiger partial charge in [0.05, 0.1) is 22.8 Å². The fraction of sp³-hybridized carbons (Fsp3) is 0.267. The Kier molecular flexibility index (Phi) is 4.58. The van der Waals surface area contributed by atoms with Crippen LogP contribution in [0.4, 0.5) is 15.2 Å². The van der Waals surface area contributed by atoms with Crippen molar-refractivity contribution in [1.29, 1.82) is 0 Å². The molecule has 1 heterocycles. The van der Waals surface area contributed by atoms with Crippen LogP contribution in [-0.4, -0.2) is 16.8 Å². The number of carbonyl (C=O) groups is 2. The monoisotopic (exact) mass is 353 g/mol. The molecule has 120 valence electrons. The van der Waals surface area contributed by atoms with Crippen molar-refractivity contribution in [2.75, 3.05) is 10.6 Å². The predicted molar refractivity (Wildman–Crippen MR) is 87.2 cm³/mol. The second-order valence-corrected chi connectivity index (χ2v) is 6.50. The molecule has 0 radical (unpaired) electrons. The maximum atomic E-state index is 13.7. The minimum Gasteiger partial charge on any atom is -0.323 e. The van der Waals surface area contributed by atoms with Crippen LogP contribution in [0.1, 0.15) is 18.5 Å². The molecule has 0 spiro atoms. The molecule has 0 aliphatic heterocycles. The van der Waals surface area contributed by atoms with E-state index in [0.717, 1.165) is 12.8 Å². The smallest absolute Gasteiger partial charge is 0.230 e. The number of aromatic nitrogens is 1. The molecule has 5 nitrogen and oxygen atoms in total. The van der Waals surface area contributed by atoms with E-state index in [1.54, 1.807) is 11.4 Å². The molecule has 1 aliphatic carbocycles. The third-order valence-electron chi connectivity index (χ3n) is 3.30. The van der Waals surface area contributed by atoms with Crippen LogP contribution in [0.25, 0.3) is 0 Å². The maximum Gasteiger partial charge on any atom is 0.230 e. The average Bonchev–Trinajstić information content (AvgIpc) is 3.27. The second kappa shape index (κ2) is 6.64. The molecule has 2 N–H and O–H groups in total. The van der Waals surface area contributed by atoms with Crippen molar-refractivity contribution in [1.82, 2.24) is 4.98 Å². The van der Waals surface area contributed by atoms with Crippen molar-refractivity contribution in [3.63, 3.8) is 0 Å². The molecule has 0 atom stereocenters. The number of anilines is 2. The van der Waals surface area contributed by atoms with Gasteiger partial charge in [-0.25, -0.2) is 9.37 Å². The lowest BCUT2D eigenvalue weighted by molar-refractivity contribution is -0.117. The van der Waals surface area contributed by atoms with Gasteiger partial charge in [0.2, 0.25) is 11.8 Å². The Labute approximate surface area is 140 Å². The number of nitrogens with zero attached hydrogens (tertiary/aromatic N) is 1. The first-order valence-corrected chi connectivity index (χ1v) is 8.28. The van der Waals surface area contributed by atoms with E-state index in [4.69, 9.17) is 11.6 Å². The van der Waals surface area contributed by atoms with Crippen molar-refractivity contribution in [3.8, 4) is 0 Å². The topological polar surface area (TPSA) is 71.1 Å². The summed E-state index contributed by atoms with van der Waals surface area (Å²) in [5.41, 5.74) is 0.543. The Morgan fingerprint density at radius 3 is 2.87 bits per heavy atom. The van der Waals surface area contributed by atoms with Crippen molar-refractivity contribution in [3.05, 3.63) is 40.1 Å². The summed E-state index contributed by atoms with van der Waals surface area (Å²) in [4.78, 5) is 27.8. The summed E-state index contributed by atoms with van der Waals surface area (Å²) in [6, 6.07) is 4.39. The molecule has 1 fully saturated rings. The number of nitrogens with one attached hydrogen (secondary N) is 2. The van der Waals surface area contributed by atoms with E-state index in [1.807, 2.05) is 0 Å². The molecule has 0 bridgehead atoms. The lowest BCUT2D eigenvalue weighted by atomic mass is 10.2. The number of rotatable bonds is 5. The zero-order chi connectivity index (χ0) is 16.4. The molecule has 2 amide bonds. The molecule has 1 aromatic heterocycles. The molecule has 2 aromatic rings. The standard InChI is InChI=1S/C15H13ClFN3O2S/c16-10-2-1-3-11(13(10)17)19-12(21)6-9-7-23-15(18-9)20-14(22)8-4-5-8/h1-3,7-8H,4-6H2,(H,19,21)(H,18,20,22). The average molecular weight is 354 g/mol. The SMILES string of the molecule is O=C(Cc1csc(NC(=O)C2CC2)n1)Nc1cccc(Cl)c1F. The number of halogens is 2. The van der Waals surface area contributed by atoms with E-state index in [0.29, 0.717) is 10.8 Å². The summed E-state index contributed by atoms with van der Waals surface area (Å²) in [5.74, 6) is -1.01. The highest BCUT2D eigenvalue weighted by atomic mass is 35.5. The number of carbonyl (C=O) groups excluding carboxylic acids is 2. The summed E-state index contributed by atoms with van der Waals surface area (Å²) in [6.45, 7) is 0. The summed E-state index contributed by atoms with van der Waals surface area (Å²) in [5, 5.41) is 7.29. The van der Waals surface area contributed by atoms with Gasteiger partial charge in [0.15, 0.2) is 10.9 Å². The van der Waals surface area contributed by atoms with Crippen molar-refractivity contribution in [2.45, 2.75) is 19.3 Å². The van der Waals surface area contributed by atoms with E-state index < -0.39 is 11.7 Å². The van der Waals surface area contributed by atoms with Crippen LogP contribution in [0, 0.1) is 11.7 Å². The molecule has 0 unspecified atom stereocenters. The molecule has 1 aliphatic rings. The fourth-order valence-corrected chi connectivity index (χ4v) is 2.85. The van der Waals surface area contributed by atoms with Crippen LogP contribution < -0.4 is 10.6 Å². The van der Waals surface area contributed by atoms with Crippen LogP contribution in [0.15, 0.2) is 23.6 Å². The Hall–Kier alpha value is -1.99. The zero-order valence-electron chi connectivity index (χ0n) is 11.9. The van der Waals surface area contributed by atoms with Gasteiger partial charge in [-0.1, -0.05) is 17.7 Å². The van der Waals surface area contributed by atoms with Gasteiger partial charge < -0.3 is 10.6 Å². The van der Waals surface area contributed by atoms with Gasteiger partial charge in [0, 0.05) is 11.3 Å². The predicted octanol–water partition coefficient (Wildman–Crippen LogP) is 3.47. The Bertz CT molecular complexity index is 761. The van der Waals surface area contributed by atoms with Gasteiger partial charge in [0.1, 0.15) is 0 Å². The quantitative estimate of drug-likeness (QED) is 0.864. The zero-order valence-corrected chi connectivity index (χ0v) is 13.5. The normalized spacial score (nSPS) is 13.7. The third-order valence-corrected chi connectivity index (χ3v) is 4.40. The first kappa shape index (κ1) is 15.9. The fourth-order valence-electron chi connectivity index (χ4n) is 1.96. The summed E-state index contributed by atoms with van der Waals surface area (Å²) >= 11 is 6.92. The Balaban J connectivity index is 1.58. The van der Waals surface area contributed by atoms with Crippen molar-refractivity contribution < 1.29 is 14.0 Å². The van der Waals surface area contributed by atoms with Crippen LogP contribution >= 0.6 is 22.9 Å². The minimum atomic E-state index is -0.668. The first-order chi connectivity index (χ1) is 11.0. The van der Waals surface area contributed by atoms with Crippen molar-refractivity contribution >= 4 is 45.6 Å². The second-order valence-electron chi connectivity index (χ2n) is 5.23. The van der Waals surface area contributed by atoms with E-state index in [2.05, 4.69) is 15.6 Å². The van der Waals surface area contributed by atoms with Gasteiger partial charge >= 0.3 is 0 Å². The molecular weight excluding hydrogens is 341 g/mol. The Morgan fingerprint density at radius 2 is 2.13 bits per heavy atom. The lowest BCUT2D eigenvalue weighted by Gasteiger charge is -2.06. The number of benzene rings is 1. The van der Waals surface area contributed by atoms with Crippen LogP contribution in [0.2, 0.25) is 5.02 Å². The molecule has 1 aromatic carbocycles. The largest absolute Gasteiger partial charge is 0.323 e. The highest BCUT2D eigenvalue weighted by Crippen LogP contribution is 2.30. The van der Waals surface area contributed by atoms with E-state index >= 15 is 0 Å². The first-order valence-electron chi connectivity index (χ1n) is 7.02. The third kappa shape index (κ3) is 4.05. The van der Waals surface area contributed by atoms with Crippen molar-refractivity contribution in [2.24, 2.45) is 5.92 Å². The highest BCUT2D eigenvalue weighted by molar-refractivity contribution is 7.13. The number of hydrogen-bond donors (Lipinski definition) is 2. The molecule has 23 heavy (non-hydrogen) atoms.